The number of thiazole rings is 1. The third-order valence-corrected chi connectivity index (χ3v) is 4.28. The number of hydrogen-bond donors (Lipinski definition) is 0. The smallest absolute Gasteiger partial charge is 0.123 e. The maximum Gasteiger partial charge on any atom is 0.123 e. The molecular formula is C19H13FN2S. The first kappa shape index (κ1) is 15.1. The zero-order valence-electron chi connectivity index (χ0n) is 12.2. The second-order valence-corrected chi connectivity index (χ2v) is 5.89. The molecule has 0 saturated heterocycles. The summed E-state index contributed by atoms with van der Waals surface area (Å²) in [6.07, 6.45) is 4.65. The molecule has 0 aliphatic rings. The highest BCUT2D eigenvalue weighted by molar-refractivity contribution is 7.10. The Hall–Kier alpha value is -2.77. The molecule has 0 aliphatic heterocycles. The van der Waals surface area contributed by atoms with Crippen molar-refractivity contribution in [3.8, 4) is 6.07 Å². The molecule has 0 fully saturated rings. The average molecular weight is 320 g/mol. The van der Waals surface area contributed by atoms with Gasteiger partial charge >= 0.3 is 0 Å². The summed E-state index contributed by atoms with van der Waals surface area (Å²) in [5.74, 6) is -0.229. The van der Waals surface area contributed by atoms with Crippen LogP contribution in [-0.4, -0.2) is 4.98 Å². The zero-order chi connectivity index (χ0) is 16.1. The molecule has 23 heavy (non-hydrogen) atoms. The largest absolute Gasteiger partial charge is 0.252 e. The van der Waals surface area contributed by atoms with Crippen LogP contribution in [0.4, 0.5) is 4.39 Å². The van der Waals surface area contributed by atoms with Gasteiger partial charge in [-0.15, -0.1) is 11.3 Å². The molecule has 0 bridgehead atoms. The summed E-state index contributed by atoms with van der Waals surface area (Å²) in [6, 6.07) is 16.1. The Balaban J connectivity index is 1.93. The topological polar surface area (TPSA) is 36.7 Å². The second kappa shape index (κ2) is 6.99. The van der Waals surface area contributed by atoms with Crippen LogP contribution in [0.1, 0.15) is 21.6 Å². The van der Waals surface area contributed by atoms with Crippen molar-refractivity contribution in [1.82, 2.24) is 4.98 Å². The number of hydrogen-bond acceptors (Lipinski definition) is 3. The predicted octanol–water partition coefficient (Wildman–Crippen LogP) is 4.83. The van der Waals surface area contributed by atoms with Crippen molar-refractivity contribution in [3.05, 3.63) is 93.7 Å². The van der Waals surface area contributed by atoms with Gasteiger partial charge in [0.05, 0.1) is 22.0 Å². The highest BCUT2D eigenvalue weighted by Gasteiger charge is 2.07. The van der Waals surface area contributed by atoms with Crippen LogP contribution >= 0.6 is 11.3 Å². The molecule has 0 amide bonds. The molecule has 3 rings (SSSR count). The summed E-state index contributed by atoms with van der Waals surface area (Å²) >= 11 is 1.57. The van der Waals surface area contributed by atoms with E-state index < -0.39 is 0 Å². The van der Waals surface area contributed by atoms with Gasteiger partial charge in [0.15, 0.2) is 0 Å². The summed E-state index contributed by atoms with van der Waals surface area (Å²) in [7, 11) is 0. The van der Waals surface area contributed by atoms with Crippen molar-refractivity contribution in [1.29, 1.82) is 5.26 Å². The SMILES string of the molecule is N#Cc1ccc(C(=CCc2ccc(F)cc2)c2cncs2)cc1. The molecular weight excluding hydrogens is 307 g/mol. The number of aromatic nitrogens is 1. The van der Waals surface area contributed by atoms with Gasteiger partial charge in [0, 0.05) is 6.20 Å². The number of halogens is 1. The number of allylic oxidation sites excluding steroid dienone is 1. The Kier molecular flexibility index (Phi) is 4.60. The van der Waals surface area contributed by atoms with Gasteiger partial charge < -0.3 is 0 Å². The first-order valence-corrected chi connectivity index (χ1v) is 7.98. The lowest BCUT2D eigenvalue weighted by molar-refractivity contribution is 0.627. The van der Waals surface area contributed by atoms with Gasteiger partial charge in [0.25, 0.3) is 0 Å². The minimum absolute atomic E-state index is 0.229. The molecule has 0 spiro atoms. The van der Waals surface area contributed by atoms with E-state index in [1.54, 1.807) is 29.0 Å². The van der Waals surface area contributed by atoms with E-state index in [1.165, 1.54) is 12.1 Å². The van der Waals surface area contributed by atoms with Crippen molar-refractivity contribution >= 4 is 16.9 Å². The van der Waals surface area contributed by atoms with Crippen LogP contribution in [0.5, 0.6) is 0 Å². The minimum Gasteiger partial charge on any atom is -0.252 e. The van der Waals surface area contributed by atoms with Gasteiger partial charge in [-0.2, -0.15) is 5.26 Å². The van der Waals surface area contributed by atoms with E-state index in [2.05, 4.69) is 17.1 Å². The molecule has 0 N–H and O–H groups in total. The quantitative estimate of drug-likeness (QED) is 0.690. The monoisotopic (exact) mass is 320 g/mol. The normalized spacial score (nSPS) is 11.2. The van der Waals surface area contributed by atoms with Crippen molar-refractivity contribution < 1.29 is 4.39 Å². The number of benzene rings is 2. The predicted molar refractivity (Wildman–Crippen MR) is 90.5 cm³/mol. The van der Waals surface area contributed by atoms with Gasteiger partial charge in [0.1, 0.15) is 5.82 Å². The number of nitrogens with zero attached hydrogens (tertiary/aromatic N) is 2. The first-order chi connectivity index (χ1) is 11.3. The third kappa shape index (κ3) is 3.71. The van der Waals surface area contributed by atoms with Crippen LogP contribution in [0, 0.1) is 17.1 Å². The van der Waals surface area contributed by atoms with Crippen molar-refractivity contribution in [2.45, 2.75) is 6.42 Å². The van der Waals surface area contributed by atoms with Gasteiger partial charge in [-0.25, -0.2) is 4.39 Å². The maximum atomic E-state index is 13.0. The van der Waals surface area contributed by atoms with Crippen molar-refractivity contribution in [3.63, 3.8) is 0 Å². The van der Waals surface area contributed by atoms with E-state index in [9.17, 15) is 4.39 Å². The molecule has 1 heterocycles. The lowest BCUT2D eigenvalue weighted by atomic mass is 10.0. The summed E-state index contributed by atoms with van der Waals surface area (Å²) in [5, 5.41) is 8.92. The summed E-state index contributed by atoms with van der Waals surface area (Å²) in [5.41, 5.74) is 5.58. The highest BCUT2D eigenvalue weighted by atomic mass is 32.1. The molecule has 2 aromatic carbocycles. The third-order valence-electron chi connectivity index (χ3n) is 3.48. The summed E-state index contributed by atoms with van der Waals surface area (Å²) in [4.78, 5) is 5.21. The van der Waals surface area contributed by atoms with E-state index in [0.29, 0.717) is 12.0 Å². The van der Waals surface area contributed by atoms with E-state index in [1.807, 2.05) is 30.5 Å². The van der Waals surface area contributed by atoms with Crippen LogP contribution in [0.25, 0.3) is 5.57 Å². The Morgan fingerprint density at radius 1 is 1.13 bits per heavy atom. The van der Waals surface area contributed by atoms with Crippen LogP contribution in [-0.2, 0) is 6.42 Å². The van der Waals surface area contributed by atoms with E-state index >= 15 is 0 Å². The molecule has 0 radical (unpaired) electrons. The standard InChI is InChI=1S/C19H13FN2S/c20-17-8-3-14(4-9-17)5-10-18(19-12-22-13-23-19)16-6-1-15(11-21)2-7-16/h1-4,6-10,12-13H,5H2. The molecule has 0 atom stereocenters. The van der Waals surface area contributed by atoms with Gasteiger partial charge in [-0.3, -0.25) is 4.98 Å². The molecule has 0 saturated carbocycles. The molecule has 112 valence electrons. The molecule has 0 unspecified atom stereocenters. The molecule has 0 aliphatic carbocycles. The lowest BCUT2D eigenvalue weighted by Gasteiger charge is -2.06. The average Bonchev–Trinajstić information content (AvgIpc) is 3.12. The van der Waals surface area contributed by atoms with Crippen LogP contribution in [0.2, 0.25) is 0 Å². The van der Waals surface area contributed by atoms with Gasteiger partial charge in [-0.1, -0.05) is 30.3 Å². The van der Waals surface area contributed by atoms with Crippen molar-refractivity contribution in [2.75, 3.05) is 0 Å². The van der Waals surface area contributed by atoms with Gasteiger partial charge in [0.2, 0.25) is 0 Å². The molecule has 3 aromatic rings. The fraction of sp³-hybridized carbons (Fsp3) is 0.0526. The Labute approximate surface area is 138 Å². The van der Waals surface area contributed by atoms with Gasteiger partial charge in [-0.05, 0) is 47.4 Å². The van der Waals surface area contributed by atoms with E-state index in [4.69, 9.17) is 5.26 Å². The molecule has 4 heteroatoms. The van der Waals surface area contributed by atoms with Crippen LogP contribution in [0.15, 0.2) is 66.3 Å². The Morgan fingerprint density at radius 3 is 2.48 bits per heavy atom. The lowest BCUT2D eigenvalue weighted by Crippen LogP contribution is -1.89. The number of nitriles is 1. The van der Waals surface area contributed by atoms with Crippen LogP contribution < -0.4 is 0 Å². The zero-order valence-corrected chi connectivity index (χ0v) is 13.1. The van der Waals surface area contributed by atoms with E-state index in [0.717, 1.165) is 21.6 Å². The first-order valence-electron chi connectivity index (χ1n) is 7.10. The summed E-state index contributed by atoms with van der Waals surface area (Å²) in [6.45, 7) is 0. The number of rotatable bonds is 4. The minimum atomic E-state index is -0.229. The second-order valence-electron chi connectivity index (χ2n) is 5.00. The fourth-order valence-corrected chi connectivity index (χ4v) is 2.96. The van der Waals surface area contributed by atoms with Crippen LogP contribution in [0.3, 0.4) is 0 Å². The van der Waals surface area contributed by atoms with E-state index in [-0.39, 0.29) is 5.82 Å². The van der Waals surface area contributed by atoms with Crippen molar-refractivity contribution in [2.24, 2.45) is 0 Å². The maximum absolute atomic E-state index is 13.0. The molecule has 1 aromatic heterocycles. The summed E-state index contributed by atoms with van der Waals surface area (Å²) < 4.78 is 13.0. The Bertz CT molecular complexity index is 842. The fourth-order valence-electron chi connectivity index (χ4n) is 2.27. The highest BCUT2D eigenvalue weighted by Crippen LogP contribution is 2.27. The molecule has 2 nitrogen and oxygen atoms in total. The Morgan fingerprint density at radius 2 is 1.87 bits per heavy atom.